The molecule has 1 heterocycles. The van der Waals surface area contributed by atoms with Crippen LogP contribution in [-0.4, -0.2) is 22.1 Å². The Hall–Kier alpha value is -1.35. The van der Waals surface area contributed by atoms with E-state index in [1.54, 1.807) is 0 Å². The van der Waals surface area contributed by atoms with E-state index in [1.807, 2.05) is 0 Å². The molecule has 18 heavy (non-hydrogen) atoms. The number of hydrogen-bond acceptors (Lipinski definition) is 2. The molecule has 0 unspecified atom stereocenters. The van der Waals surface area contributed by atoms with Crippen molar-refractivity contribution in [1.82, 2.24) is 14.9 Å². The highest BCUT2D eigenvalue weighted by Crippen LogP contribution is 2.19. The third-order valence-electron chi connectivity index (χ3n) is 3.32. The summed E-state index contributed by atoms with van der Waals surface area (Å²) in [5, 5.41) is 3.44. The summed E-state index contributed by atoms with van der Waals surface area (Å²) in [5.41, 5.74) is 3.68. The number of nitrogens with one attached hydrogen (secondary N) is 1. The zero-order chi connectivity index (χ0) is 13.1. The lowest BCUT2D eigenvalue weighted by molar-refractivity contribution is 0.563. The molecule has 1 aromatic heterocycles. The summed E-state index contributed by atoms with van der Waals surface area (Å²) in [6.45, 7) is 7.56. The Labute approximate surface area is 109 Å². The van der Waals surface area contributed by atoms with Crippen molar-refractivity contribution < 1.29 is 0 Å². The number of para-hydroxylation sites is 1. The number of fused-ring (bicyclic) bond motifs is 1. The lowest BCUT2D eigenvalue weighted by Gasteiger charge is -2.07. The Morgan fingerprint density at radius 2 is 2.11 bits per heavy atom. The minimum atomic E-state index is 0.563. The van der Waals surface area contributed by atoms with E-state index < -0.39 is 0 Å². The maximum atomic E-state index is 4.72. The van der Waals surface area contributed by atoms with Crippen LogP contribution < -0.4 is 5.32 Å². The van der Waals surface area contributed by atoms with Gasteiger partial charge in [-0.05, 0) is 31.5 Å². The van der Waals surface area contributed by atoms with Gasteiger partial charge in [0.25, 0.3) is 0 Å². The second-order valence-corrected chi connectivity index (χ2v) is 5.24. The van der Waals surface area contributed by atoms with Crippen LogP contribution in [0.1, 0.15) is 31.7 Å². The first-order valence-electron chi connectivity index (χ1n) is 6.74. The van der Waals surface area contributed by atoms with Crippen molar-refractivity contribution in [3.8, 4) is 0 Å². The van der Waals surface area contributed by atoms with Crippen LogP contribution in [0.4, 0.5) is 0 Å². The van der Waals surface area contributed by atoms with Crippen LogP contribution in [0, 0.1) is 6.92 Å². The molecule has 0 fully saturated rings. The molecule has 2 rings (SSSR count). The van der Waals surface area contributed by atoms with Gasteiger partial charge in [0.05, 0.1) is 11.0 Å². The maximum absolute atomic E-state index is 4.72. The standard InChI is InChI=1S/C15H23N3/c1-11(2)16-10-6-9-14-17-13-8-5-7-12(3)15(13)18(14)4/h5,7-8,11,16H,6,9-10H2,1-4H3. The summed E-state index contributed by atoms with van der Waals surface area (Å²) in [6, 6.07) is 6.88. The number of aryl methyl sites for hydroxylation is 3. The normalized spacial score (nSPS) is 11.6. The summed E-state index contributed by atoms with van der Waals surface area (Å²) in [7, 11) is 2.12. The molecule has 0 radical (unpaired) electrons. The van der Waals surface area contributed by atoms with Crippen LogP contribution in [0.2, 0.25) is 0 Å². The van der Waals surface area contributed by atoms with Crippen molar-refractivity contribution in [1.29, 1.82) is 0 Å². The smallest absolute Gasteiger partial charge is 0.109 e. The average Bonchev–Trinajstić information content (AvgIpc) is 2.63. The fraction of sp³-hybridized carbons (Fsp3) is 0.533. The highest BCUT2D eigenvalue weighted by Gasteiger charge is 2.08. The van der Waals surface area contributed by atoms with Crippen LogP contribution in [0.5, 0.6) is 0 Å². The predicted molar refractivity (Wildman–Crippen MR) is 76.9 cm³/mol. The van der Waals surface area contributed by atoms with Crippen LogP contribution >= 0.6 is 0 Å². The van der Waals surface area contributed by atoms with Crippen LogP contribution in [0.15, 0.2) is 18.2 Å². The first-order valence-corrected chi connectivity index (χ1v) is 6.74. The SMILES string of the molecule is Cc1cccc2nc(CCCNC(C)C)n(C)c12. The van der Waals surface area contributed by atoms with Crippen LogP contribution in [0.25, 0.3) is 11.0 Å². The quantitative estimate of drug-likeness (QED) is 0.821. The Balaban J connectivity index is 2.10. The minimum Gasteiger partial charge on any atom is -0.331 e. The molecule has 98 valence electrons. The van der Waals surface area contributed by atoms with Gasteiger partial charge < -0.3 is 9.88 Å². The third-order valence-corrected chi connectivity index (χ3v) is 3.32. The first kappa shape index (κ1) is 13.1. The summed E-state index contributed by atoms with van der Waals surface area (Å²) in [5.74, 6) is 1.19. The van der Waals surface area contributed by atoms with E-state index in [-0.39, 0.29) is 0 Å². The van der Waals surface area contributed by atoms with Gasteiger partial charge in [-0.3, -0.25) is 0 Å². The molecule has 1 N–H and O–H groups in total. The monoisotopic (exact) mass is 245 g/mol. The minimum absolute atomic E-state index is 0.563. The van der Waals surface area contributed by atoms with Gasteiger partial charge in [0, 0.05) is 19.5 Å². The predicted octanol–water partition coefficient (Wildman–Crippen LogP) is 2.81. The summed E-state index contributed by atoms with van der Waals surface area (Å²) in [4.78, 5) is 4.72. The molecule has 0 aliphatic rings. The summed E-state index contributed by atoms with van der Waals surface area (Å²) >= 11 is 0. The molecule has 3 heteroatoms. The Bertz CT molecular complexity index is 526. The second kappa shape index (κ2) is 5.53. The van der Waals surface area contributed by atoms with Gasteiger partial charge in [-0.1, -0.05) is 26.0 Å². The number of nitrogens with zero attached hydrogens (tertiary/aromatic N) is 2. The molecule has 0 saturated carbocycles. The molecule has 0 atom stereocenters. The Morgan fingerprint density at radius 1 is 1.33 bits per heavy atom. The summed E-state index contributed by atoms with van der Waals surface area (Å²) in [6.07, 6.45) is 2.17. The van der Waals surface area contributed by atoms with E-state index in [4.69, 9.17) is 4.98 Å². The number of benzene rings is 1. The number of aromatic nitrogens is 2. The molecule has 0 saturated heterocycles. The van der Waals surface area contributed by atoms with Gasteiger partial charge in [-0.2, -0.15) is 0 Å². The molecule has 0 spiro atoms. The molecule has 2 aromatic rings. The van der Waals surface area contributed by atoms with Crippen molar-refractivity contribution in [3.63, 3.8) is 0 Å². The number of rotatable bonds is 5. The van der Waals surface area contributed by atoms with Gasteiger partial charge in [0.1, 0.15) is 5.82 Å². The van der Waals surface area contributed by atoms with Crippen molar-refractivity contribution in [3.05, 3.63) is 29.6 Å². The van der Waals surface area contributed by atoms with Gasteiger partial charge >= 0.3 is 0 Å². The van der Waals surface area contributed by atoms with Gasteiger partial charge in [-0.25, -0.2) is 4.98 Å². The van der Waals surface area contributed by atoms with Gasteiger partial charge in [0.15, 0.2) is 0 Å². The molecule has 0 amide bonds. The highest BCUT2D eigenvalue weighted by atomic mass is 15.1. The Kier molecular flexibility index (Phi) is 4.02. The lowest BCUT2D eigenvalue weighted by Crippen LogP contribution is -2.24. The summed E-state index contributed by atoms with van der Waals surface area (Å²) < 4.78 is 2.24. The molecule has 0 aliphatic heterocycles. The average molecular weight is 245 g/mol. The highest BCUT2D eigenvalue weighted by molar-refractivity contribution is 5.79. The zero-order valence-corrected chi connectivity index (χ0v) is 11.8. The van der Waals surface area contributed by atoms with Crippen LogP contribution in [-0.2, 0) is 13.5 Å². The molecule has 0 aliphatic carbocycles. The van der Waals surface area contributed by atoms with E-state index in [1.165, 1.54) is 16.9 Å². The van der Waals surface area contributed by atoms with E-state index in [0.29, 0.717) is 6.04 Å². The van der Waals surface area contributed by atoms with Crippen molar-refractivity contribution in [2.24, 2.45) is 7.05 Å². The van der Waals surface area contributed by atoms with Crippen molar-refractivity contribution in [2.75, 3.05) is 6.54 Å². The fourth-order valence-corrected chi connectivity index (χ4v) is 2.37. The number of imidazole rings is 1. The fourth-order valence-electron chi connectivity index (χ4n) is 2.37. The molecule has 1 aromatic carbocycles. The zero-order valence-electron chi connectivity index (χ0n) is 11.8. The van der Waals surface area contributed by atoms with Crippen molar-refractivity contribution >= 4 is 11.0 Å². The number of hydrogen-bond donors (Lipinski definition) is 1. The van der Waals surface area contributed by atoms with Gasteiger partial charge in [0.2, 0.25) is 0 Å². The van der Waals surface area contributed by atoms with Crippen LogP contribution in [0.3, 0.4) is 0 Å². The lowest BCUT2D eigenvalue weighted by atomic mass is 10.2. The first-order chi connectivity index (χ1) is 8.59. The van der Waals surface area contributed by atoms with E-state index in [0.717, 1.165) is 24.9 Å². The molecule has 0 bridgehead atoms. The largest absolute Gasteiger partial charge is 0.331 e. The molecule has 3 nitrogen and oxygen atoms in total. The topological polar surface area (TPSA) is 29.9 Å². The Morgan fingerprint density at radius 3 is 2.78 bits per heavy atom. The molecular weight excluding hydrogens is 222 g/mol. The van der Waals surface area contributed by atoms with Gasteiger partial charge in [-0.15, -0.1) is 0 Å². The van der Waals surface area contributed by atoms with E-state index in [2.05, 4.69) is 55.9 Å². The maximum Gasteiger partial charge on any atom is 0.109 e. The third kappa shape index (κ3) is 2.72. The van der Waals surface area contributed by atoms with Crippen molar-refractivity contribution in [2.45, 2.75) is 39.7 Å². The second-order valence-electron chi connectivity index (χ2n) is 5.24. The van der Waals surface area contributed by atoms with E-state index in [9.17, 15) is 0 Å². The molecular formula is C15H23N3. The van der Waals surface area contributed by atoms with E-state index >= 15 is 0 Å².